The number of aryl methyl sites for hydroxylation is 2. The van der Waals surface area contributed by atoms with Crippen molar-refractivity contribution >= 4 is 5.91 Å². The van der Waals surface area contributed by atoms with Crippen LogP contribution in [0.25, 0.3) is 17.3 Å². The lowest BCUT2D eigenvalue weighted by atomic mass is 9.70. The molecule has 182 valence electrons. The summed E-state index contributed by atoms with van der Waals surface area (Å²) in [7, 11) is 0. The van der Waals surface area contributed by atoms with Crippen LogP contribution in [0.1, 0.15) is 82.2 Å². The van der Waals surface area contributed by atoms with Crippen LogP contribution in [-0.4, -0.2) is 31.9 Å². The van der Waals surface area contributed by atoms with Gasteiger partial charge in [-0.3, -0.25) is 4.79 Å². The van der Waals surface area contributed by atoms with Gasteiger partial charge in [0.05, 0.1) is 5.69 Å². The number of hydrogen-bond donors (Lipinski definition) is 1. The van der Waals surface area contributed by atoms with E-state index in [0.29, 0.717) is 34.9 Å². The highest BCUT2D eigenvalue weighted by molar-refractivity contribution is 5.95. The summed E-state index contributed by atoms with van der Waals surface area (Å²) in [5.74, 6) is 2.06. The average Bonchev–Trinajstić information content (AvgIpc) is 3.37. The van der Waals surface area contributed by atoms with E-state index in [1.807, 2.05) is 35.0 Å². The van der Waals surface area contributed by atoms with Gasteiger partial charge in [-0.25, -0.2) is 4.68 Å². The van der Waals surface area contributed by atoms with Gasteiger partial charge in [0.25, 0.3) is 11.8 Å². The Morgan fingerprint density at radius 3 is 2.71 bits per heavy atom. The van der Waals surface area contributed by atoms with Gasteiger partial charge in [-0.05, 0) is 73.6 Å². The van der Waals surface area contributed by atoms with Crippen LogP contribution in [-0.2, 0) is 6.42 Å². The van der Waals surface area contributed by atoms with Crippen molar-refractivity contribution in [2.24, 2.45) is 17.3 Å². The Kier molecular flexibility index (Phi) is 6.91. The molecule has 0 saturated heterocycles. The van der Waals surface area contributed by atoms with Crippen LogP contribution in [0.15, 0.2) is 34.7 Å². The number of nitrogens with one attached hydrogen (secondary N) is 1. The second-order valence-electron chi connectivity index (χ2n) is 11.1. The third-order valence-corrected chi connectivity index (χ3v) is 6.58. The van der Waals surface area contributed by atoms with Crippen molar-refractivity contribution in [2.75, 3.05) is 0 Å². The third kappa shape index (κ3) is 5.75. The molecule has 1 aromatic carbocycles. The van der Waals surface area contributed by atoms with E-state index in [1.165, 1.54) is 6.42 Å². The molecule has 0 unspecified atom stereocenters. The molecule has 2 atom stereocenters. The molecule has 1 aliphatic rings. The van der Waals surface area contributed by atoms with Crippen molar-refractivity contribution in [1.29, 1.82) is 0 Å². The molecule has 0 radical (unpaired) electrons. The number of hydrogen-bond acceptors (Lipinski definition) is 5. The SMILES string of the molecule is Cc1nnc(-c2cc(CCC(C)C)n(-c3cccc(C(=O)N[C@H]4C[C@@H](C)CC(C)(C)C4)c3)n2)o1. The summed E-state index contributed by atoms with van der Waals surface area (Å²) >= 11 is 0. The molecule has 2 aromatic heterocycles. The molecule has 1 saturated carbocycles. The fourth-order valence-electron chi connectivity index (χ4n) is 5.27. The first-order chi connectivity index (χ1) is 16.1. The predicted octanol–water partition coefficient (Wildman–Crippen LogP) is 5.76. The molecule has 0 spiro atoms. The first kappa shape index (κ1) is 24.2. The maximum absolute atomic E-state index is 13.2. The first-order valence-corrected chi connectivity index (χ1v) is 12.4. The minimum atomic E-state index is -0.0274. The number of rotatable bonds is 7. The second kappa shape index (κ2) is 9.72. The summed E-state index contributed by atoms with van der Waals surface area (Å²) in [6.45, 7) is 13.0. The van der Waals surface area contributed by atoms with Crippen LogP contribution < -0.4 is 5.32 Å². The zero-order valence-electron chi connectivity index (χ0n) is 21.3. The van der Waals surface area contributed by atoms with E-state index in [-0.39, 0.29) is 17.4 Å². The predicted molar refractivity (Wildman–Crippen MR) is 133 cm³/mol. The highest BCUT2D eigenvalue weighted by atomic mass is 16.4. The molecule has 34 heavy (non-hydrogen) atoms. The maximum Gasteiger partial charge on any atom is 0.268 e. The van der Waals surface area contributed by atoms with Crippen molar-refractivity contribution in [3.8, 4) is 17.3 Å². The van der Waals surface area contributed by atoms with E-state index >= 15 is 0 Å². The van der Waals surface area contributed by atoms with E-state index in [4.69, 9.17) is 9.52 Å². The Morgan fingerprint density at radius 1 is 1.24 bits per heavy atom. The lowest BCUT2D eigenvalue weighted by molar-refractivity contribution is 0.0874. The van der Waals surface area contributed by atoms with Crippen LogP contribution in [0.5, 0.6) is 0 Å². The van der Waals surface area contributed by atoms with Gasteiger partial charge < -0.3 is 9.73 Å². The second-order valence-corrected chi connectivity index (χ2v) is 11.1. The Hall–Kier alpha value is -2.96. The molecule has 2 heterocycles. The standard InChI is InChI=1S/C27H37N5O2/c1-17(2)10-11-23-14-24(26-30-29-19(4)34-26)31-32(23)22-9-7-8-20(13-22)25(33)28-21-12-18(3)15-27(5,6)16-21/h7-9,13-14,17-18,21H,10-12,15-16H2,1-6H3,(H,28,33)/t18-,21+/m1/s1. The third-order valence-electron chi connectivity index (χ3n) is 6.58. The number of nitrogens with zero attached hydrogens (tertiary/aromatic N) is 4. The van der Waals surface area contributed by atoms with Crippen molar-refractivity contribution in [3.63, 3.8) is 0 Å². The van der Waals surface area contributed by atoms with Gasteiger partial charge in [0.2, 0.25) is 5.89 Å². The monoisotopic (exact) mass is 463 g/mol. The maximum atomic E-state index is 13.2. The zero-order valence-corrected chi connectivity index (χ0v) is 21.3. The van der Waals surface area contributed by atoms with E-state index in [1.54, 1.807) is 6.92 Å². The van der Waals surface area contributed by atoms with Crippen LogP contribution in [0.3, 0.4) is 0 Å². The lowest BCUT2D eigenvalue weighted by Crippen LogP contribution is -2.43. The lowest BCUT2D eigenvalue weighted by Gasteiger charge is -2.39. The summed E-state index contributed by atoms with van der Waals surface area (Å²) in [6.07, 6.45) is 5.14. The number of carbonyl (C=O) groups is 1. The van der Waals surface area contributed by atoms with Crippen LogP contribution in [0, 0.1) is 24.2 Å². The normalized spacial score (nSPS) is 20.0. The highest BCUT2D eigenvalue weighted by Gasteiger charge is 2.32. The van der Waals surface area contributed by atoms with Gasteiger partial charge in [0, 0.05) is 24.2 Å². The van der Waals surface area contributed by atoms with Crippen LogP contribution in [0.2, 0.25) is 0 Å². The van der Waals surface area contributed by atoms with Crippen molar-refractivity contribution < 1.29 is 9.21 Å². The van der Waals surface area contributed by atoms with Gasteiger partial charge in [-0.2, -0.15) is 5.10 Å². The Bertz CT molecular complexity index is 1140. The molecule has 7 nitrogen and oxygen atoms in total. The molecule has 7 heteroatoms. The molecule has 1 fully saturated rings. The summed E-state index contributed by atoms with van der Waals surface area (Å²) in [6, 6.07) is 9.90. The molecular formula is C27H37N5O2. The van der Waals surface area contributed by atoms with Gasteiger partial charge in [0.1, 0.15) is 5.69 Å². The number of amides is 1. The zero-order chi connectivity index (χ0) is 24.5. The quantitative estimate of drug-likeness (QED) is 0.481. The molecule has 0 bridgehead atoms. The van der Waals surface area contributed by atoms with Gasteiger partial charge in [0.15, 0.2) is 0 Å². The van der Waals surface area contributed by atoms with E-state index < -0.39 is 0 Å². The molecule has 1 aliphatic carbocycles. The van der Waals surface area contributed by atoms with Gasteiger partial charge in [-0.15, -0.1) is 10.2 Å². The van der Waals surface area contributed by atoms with Crippen molar-refractivity contribution in [3.05, 3.63) is 47.5 Å². The molecule has 3 aromatic rings. The van der Waals surface area contributed by atoms with E-state index in [2.05, 4.69) is 50.1 Å². The summed E-state index contributed by atoms with van der Waals surface area (Å²) in [4.78, 5) is 13.2. The largest absolute Gasteiger partial charge is 0.420 e. The Balaban J connectivity index is 1.59. The van der Waals surface area contributed by atoms with E-state index in [0.717, 1.165) is 37.1 Å². The molecule has 1 N–H and O–H groups in total. The fraction of sp³-hybridized carbons (Fsp3) is 0.556. The number of carbonyl (C=O) groups excluding carboxylic acids is 1. The number of benzene rings is 1. The van der Waals surface area contributed by atoms with E-state index in [9.17, 15) is 4.79 Å². The molecular weight excluding hydrogens is 426 g/mol. The molecule has 1 amide bonds. The summed E-state index contributed by atoms with van der Waals surface area (Å²) in [5, 5.41) is 16.1. The summed E-state index contributed by atoms with van der Waals surface area (Å²) < 4.78 is 7.51. The van der Waals surface area contributed by atoms with Crippen molar-refractivity contribution in [1.82, 2.24) is 25.3 Å². The van der Waals surface area contributed by atoms with Crippen LogP contribution in [0.4, 0.5) is 0 Å². The summed E-state index contributed by atoms with van der Waals surface area (Å²) in [5.41, 5.74) is 3.45. The molecule has 0 aliphatic heterocycles. The smallest absolute Gasteiger partial charge is 0.268 e. The van der Waals surface area contributed by atoms with Crippen molar-refractivity contribution in [2.45, 2.75) is 79.7 Å². The Labute approximate surface area is 202 Å². The Morgan fingerprint density at radius 2 is 2.03 bits per heavy atom. The van der Waals surface area contributed by atoms with Gasteiger partial charge in [-0.1, -0.05) is 40.7 Å². The highest BCUT2D eigenvalue weighted by Crippen LogP contribution is 2.38. The van der Waals surface area contributed by atoms with Gasteiger partial charge >= 0.3 is 0 Å². The molecule has 4 rings (SSSR count). The minimum absolute atomic E-state index is 0.0274. The first-order valence-electron chi connectivity index (χ1n) is 12.4. The van der Waals surface area contributed by atoms with Crippen LogP contribution >= 0.6 is 0 Å². The topological polar surface area (TPSA) is 85.8 Å². The number of aromatic nitrogens is 4. The average molecular weight is 464 g/mol. The minimum Gasteiger partial charge on any atom is -0.420 e. The fourth-order valence-corrected chi connectivity index (χ4v) is 5.27.